The van der Waals surface area contributed by atoms with Crippen LogP contribution < -0.4 is 5.73 Å². The number of nitrogens with zero attached hydrogens (tertiary/aromatic N) is 3. The molecule has 1 aliphatic rings. The summed E-state index contributed by atoms with van der Waals surface area (Å²) < 4.78 is 5.67. The molecule has 0 radical (unpaired) electrons. The summed E-state index contributed by atoms with van der Waals surface area (Å²) in [4.78, 5) is 22.1. The fraction of sp³-hybridized carbons (Fsp3) is 0.400. The molecule has 3 rings (SSSR count). The number of benzene rings is 1. The van der Waals surface area contributed by atoms with Gasteiger partial charge in [-0.25, -0.2) is 0 Å². The summed E-state index contributed by atoms with van der Waals surface area (Å²) in [5.74, 6) is 0.147. The van der Waals surface area contributed by atoms with Crippen molar-refractivity contribution in [2.24, 2.45) is 5.73 Å². The Balaban J connectivity index is 1.82. The van der Waals surface area contributed by atoms with Crippen LogP contribution in [0.1, 0.15) is 54.3 Å². The van der Waals surface area contributed by atoms with Crippen molar-refractivity contribution in [3.05, 3.63) is 39.8 Å². The van der Waals surface area contributed by atoms with Gasteiger partial charge in [-0.1, -0.05) is 19.3 Å². The Bertz CT molecular complexity index is 771. The maximum Gasteiger partial charge on any atom is 0.284 e. The first-order valence-corrected chi connectivity index (χ1v) is 8.45. The van der Waals surface area contributed by atoms with Gasteiger partial charge < -0.3 is 10.2 Å². The molecule has 1 fully saturated rings. The summed E-state index contributed by atoms with van der Waals surface area (Å²) in [6, 6.07) is 4.06. The minimum atomic E-state index is -0.716. The molecular weight excluding hydrogens is 332 g/mol. The van der Waals surface area contributed by atoms with E-state index in [1.54, 1.807) is 0 Å². The molecule has 126 valence electrons. The highest BCUT2D eigenvalue weighted by Gasteiger charge is 2.23. The van der Waals surface area contributed by atoms with Crippen LogP contribution in [0.5, 0.6) is 0 Å². The second-order valence-electron chi connectivity index (χ2n) is 5.65. The first-order chi connectivity index (χ1) is 11.5. The molecule has 2 N–H and O–H groups in total. The normalized spacial score (nSPS) is 15.3. The van der Waals surface area contributed by atoms with Crippen molar-refractivity contribution in [1.29, 1.82) is 0 Å². The van der Waals surface area contributed by atoms with E-state index in [1.807, 2.05) is 0 Å². The highest BCUT2D eigenvalue weighted by molar-refractivity contribution is 7.99. The number of nitro groups is 1. The van der Waals surface area contributed by atoms with Gasteiger partial charge >= 0.3 is 0 Å². The van der Waals surface area contributed by atoms with Crippen LogP contribution in [-0.4, -0.2) is 21.0 Å². The fourth-order valence-electron chi connectivity index (χ4n) is 2.77. The van der Waals surface area contributed by atoms with Gasteiger partial charge in [-0.15, -0.1) is 10.2 Å². The molecule has 1 aliphatic carbocycles. The Hall–Kier alpha value is -2.42. The molecule has 0 spiro atoms. The zero-order chi connectivity index (χ0) is 17.1. The van der Waals surface area contributed by atoms with Gasteiger partial charge in [0.05, 0.1) is 9.82 Å². The third kappa shape index (κ3) is 3.56. The van der Waals surface area contributed by atoms with Gasteiger partial charge in [-0.2, -0.15) is 0 Å². The first-order valence-electron chi connectivity index (χ1n) is 7.64. The summed E-state index contributed by atoms with van der Waals surface area (Å²) in [7, 11) is 0. The molecular formula is C15H16N4O4S. The van der Waals surface area contributed by atoms with Crippen LogP contribution in [0.4, 0.5) is 5.69 Å². The predicted octanol–water partition coefficient (Wildman–Crippen LogP) is 3.28. The Kier molecular flexibility index (Phi) is 4.79. The van der Waals surface area contributed by atoms with Crippen molar-refractivity contribution in [3.63, 3.8) is 0 Å². The molecule has 8 nitrogen and oxygen atoms in total. The van der Waals surface area contributed by atoms with Crippen molar-refractivity contribution in [1.82, 2.24) is 10.2 Å². The molecule has 24 heavy (non-hydrogen) atoms. The van der Waals surface area contributed by atoms with Gasteiger partial charge in [0.25, 0.3) is 10.9 Å². The maximum absolute atomic E-state index is 11.2. The van der Waals surface area contributed by atoms with Gasteiger partial charge in [-0.3, -0.25) is 14.9 Å². The lowest BCUT2D eigenvalue weighted by Gasteiger charge is -2.17. The van der Waals surface area contributed by atoms with E-state index in [-0.39, 0.29) is 22.4 Å². The molecule has 0 bridgehead atoms. The van der Waals surface area contributed by atoms with E-state index in [2.05, 4.69) is 10.2 Å². The number of aromatic nitrogens is 2. The lowest BCUT2D eigenvalue weighted by Crippen LogP contribution is -2.11. The monoisotopic (exact) mass is 348 g/mol. The standard InChI is InChI=1S/C15H16N4O4S/c16-13(20)10-6-7-12(11(8-10)19(21)22)24-15-18-17-14(23-15)9-4-2-1-3-5-9/h6-9H,1-5H2,(H2,16,20). The van der Waals surface area contributed by atoms with Crippen LogP contribution >= 0.6 is 11.8 Å². The number of carbonyl (C=O) groups is 1. The van der Waals surface area contributed by atoms with Gasteiger partial charge in [0, 0.05) is 17.5 Å². The lowest BCUT2D eigenvalue weighted by atomic mass is 9.89. The molecule has 1 aromatic heterocycles. The van der Waals surface area contributed by atoms with E-state index in [0.717, 1.165) is 43.5 Å². The number of hydrogen-bond acceptors (Lipinski definition) is 7. The van der Waals surface area contributed by atoms with E-state index in [1.165, 1.54) is 18.6 Å². The number of primary amides is 1. The number of nitrogens with two attached hydrogens (primary N) is 1. The van der Waals surface area contributed by atoms with Gasteiger partial charge in [0.2, 0.25) is 11.8 Å². The van der Waals surface area contributed by atoms with Crippen LogP contribution in [0.25, 0.3) is 0 Å². The van der Waals surface area contributed by atoms with E-state index < -0.39 is 10.8 Å². The summed E-state index contributed by atoms with van der Waals surface area (Å²) in [6.07, 6.45) is 5.58. The Labute approximate surface area is 142 Å². The second-order valence-corrected chi connectivity index (χ2v) is 6.64. The van der Waals surface area contributed by atoms with Crippen molar-refractivity contribution in [2.45, 2.75) is 48.1 Å². The Morgan fingerprint density at radius 1 is 1.29 bits per heavy atom. The number of hydrogen-bond donors (Lipinski definition) is 1. The molecule has 0 aliphatic heterocycles. The first kappa shape index (κ1) is 16.4. The fourth-order valence-corrected chi connectivity index (χ4v) is 3.54. The zero-order valence-electron chi connectivity index (χ0n) is 12.8. The predicted molar refractivity (Wildman–Crippen MR) is 85.9 cm³/mol. The largest absolute Gasteiger partial charge is 0.415 e. The molecule has 0 atom stereocenters. The van der Waals surface area contributed by atoms with Crippen LogP contribution in [0.15, 0.2) is 32.7 Å². The molecule has 1 saturated carbocycles. The zero-order valence-corrected chi connectivity index (χ0v) is 13.6. The van der Waals surface area contributed by atoms with Crippen molar-refractivity contribution < 1.29 is 14.1 Å². The summed E-state index contributed by atoms with van der Waals surface area (Å²) in [5.41, 5.74) is 5.03. The average molecular weight is 348 g/mol. The minimum Gasteiger partial charge on any atom is -0.415 e. The smallest absolute Gasteiger partial charge is 0.284 e. The molecule has 0 saturated heterocycles. The molecule has 2 aromatic rings. The topological polar surface area (TPSA) is 125 Å². The van der Waals surface area contributed by atoms with Gasteiger partial charge in [0.15, 0.2) is 0 Å². The quantitative estimate of drug-likeness (QED) is 0.649. The summed E-state index contributed by atoms with van der Waals surface area (Å²) in [6.45, 7) is 0. The SMILES string of the molecule is NC(=O)c1ccc(Sc2nnc(C3CCCCC3)o2)c([N+](=O)[O-])c1. The van der Waals surface area contributed by atoms with Gasteiger partial charge in [-0.05, 0) is 36.7 Å². The number of carbonyl (C=O) groups excluding carboxylic acids is 1. The number of nitro benzene ring substituents is 1. The Morgan fingerprint density at radius 3 is 2.71 bits per heavy atom. The highest BCUT2D eigenvalue weighted by atomic mass is 32.2. The van der Waals surface area contributed by atoms with Crippen molar-refractivity contribution >= 4 is 23.4 Å². The van der Waals surface area contributed by atoms with Crippen molar-refractivity contribution in [3.8, 4) is 0 Å². The number of amides is 1. The molecule has 0 unspecified atom stereocenters. The van der Waals surface area contributed by atoms with Crippen LogP contribution in [0.3, 0.4) is 0 Å². The number of rotatable bonds is 5. The van der Waals surface area contributed by atoms with Gasteiger partial charge in [0.1, 0.15) is 0 Å². The second kappa shape index (κ2) is 7.00. The molecule has 1 aromatic carbocycles. The third-order valence-corrected chi connectivity index (χ3v) is 4.92. The molecule has 9 heteroatoms. The lowest BCUT2D eigenvalue weighted by molar-refractivity contribution is -0.387. The average Bonchev–Trinajstić information content (AvgIpc) is 3.04. The van der Waals surface area contributed by atoms with E-state index in [4.69, 9.17) is 10.2 Å². The van der Waals surface area contributed by atoms with Crippen LogP contribution in [-0.2, 0) is 0 Å². The summed E-state index contributed by atoms with van der Waals surface area (Å²) >= 11 is 1.01. The summed E-state index contributed by atoms with van der Waals surface area (Å²) in [5, 5.41) is 19.5. The van der Waals surface area contributed by atoms with Crippen molar-refractivity contribution in [2.75, 3.05) is 0 Å². The van der Waals surface area contributed by atoms with Crippen LogP contribution in [0.2, 0.25) is 0 Å². The molecule has 1 amide bonds. The maximum atomic E-state index is 11.2. The molecule has 1 heterocycles. The highest BCUT2D eigenvalue weighted by Crippen LogP contribution is 2.37. The van der Waals surface area contributed by atoms with E-state index in [0.29, 0.717) is 10.8 Å². The van der Waals surface area contributed by atoms with Crippen LogP contribution in [0, 0.1) is 10.1 Å². The van der Waals surface area contributed by atoms with E-state index >= 15 is 0 Å². The Morgan fingerprint density at radius 2 is 2.04 bits per heavy atom. The third-order valence-electron chi connectivity index (χ3n) is 4.01. The van der Waals surface area contributed by atoms with E-state index in [9.17, 15) is 14.9 Å². The minimum absolute atomic E-state index is 0.0828.